The van der Waals surface area contributed by atoms with Crippen molar-refractivity contribution in [1.82, 2.24) is 0 Å². The van der Waals surface area contributed by atoms with Crippen LogP contribution in [0.4, 0.5) is 0 Å². The quantitative estimate of drug-likeness (QED) is 0.643. The smallest absolute Gasteiger partial charge is 0.313 e. The minimum atomic E-state index is -0.335. The van der Waals surface area contributed by atoms with Crippen LogP contribution in [0.1, 0.15) is 29.5 Å². The molecule has 0 radical (unpaired) electrons. The Labute approximate surface area is 147 Å². The maximum Gasteiger partial charge on any atom is 0.313 e. The maximum atomic E-state index is 12.4. The number of nitrogens with zero attached hydrogens (tertiary/aromatic N) is 1. The van der Waals surface area contributed by atoms with E-state index >= 15 is 0 Å². The lowest BCUT2D eigenvalue weighted by atomic mass is 9.91. The molecule has 0 saturated carbocycles. The molecule has 124 valence electrons. The largest absolute Gasteiger partial charge is 0.466 e. The van der Waals surface area contributed by atoms with Crippen LogP contribution in [-0.4, -0.2) is 12.6 Å². The number of benzene rings is 3. The highest BCUT2D eigenvalue weighted by atomic mass is 16.5. The van der Waals surface area contributed by atoms with Crippen molar-refractivity contribution >= 4 is 16.7 Å². The molecule has 0 aliphatic rings. The molecule has 0 N–H and O–H groups in total. The lowest BCUT2D eigenvalue weighted by molar-refractivity contribution is -0.144. The van der Waals surface area contributed by atoms with E-state index in [9.17, 15) is 4.79 Å². The molecule has 1 unspecified atom stereocenters. The van der Waals surface area contributed by atoms with Gasteiger partial charge in [0.05, 0.1) is 24.2 Å². The van der Waals surface area contributed by atoms with Gasteiger partial charge in [0.25, 0.3) is 0 Å². The van der Waals surface area contributed by atoms with Crippen molar-refractivity contribution in [2.24, 2.45) is 0 Å². The van der Waals surface area contributed by atoms with Crippen molar-refractivity contribution in [1.29, 1.82) is 5.26 Å². The van der Waals surface area contributed by atoms with Gasteiger partial charge in [0.2, 0.25) is 0 Å². The molecule has 1 atom stereocenters. The van der Waals surface area contributed by atoms with Gasteiger partial charge in [0.1, 0.15) is 0 Å². The fraction of sp³-hybridized carbons (Fsp3) is 0.182. The van der Waals surface area contributed by atoms with Crippen LogP contribution in [-0.2, 0) is 16.0 Å². The summed E-state index contributed by atoms with van der Waals surface area (Å²) in [7, 11) is 0. The van der Waals surface area contributed by atoms with E-state index in [4.69, 9.17) is 10.00 Å². The van der Waals surface area contributed by atoms with E-state index in [1.165, 1.54) is 0 Å². The van der Waals surface area contributed by atoms with E-state index in [1.54, 1.807) is 0 Å². The number of carbonyl (C=O) groups excluding carboxylic acids is 1. The van der Waals surface area contributed by atoms with Gasteiger partial charge in [0, 0.05) is 0 Å². The van der Waals surface area contributed by atoms with Crippen LogP contribution >= 0.6 is 0 Å². The molecule has 3 rings (SSSR count). The van der Waals surface area contributed by atoms with Crippen molar-refractivity contribution in [3.8, 4) is 6.07 Å². The lowest BCUT2D eigenvalue weighted by Crippen LogP contribution is -2.18. The molecule has 3 nitrogen and oxygen atoms in total. The number of rotatable bonds is 5. The molecule has 0 saturated heterocycles. The number of esters is 1. The molecule has 0 bridgehead atoms. The second kappa shape index (κ2) is 7.63. The summed E-state index contributed by atoms with van der Waals surface area (Å²) in [4.78, 5) is 12.4. The minimum absolute atomic E-state index is 0.209. The average molecular weight is 329 g/mol. The predicted octanol–water partition coefficient (Wildman–Crippen LogP) is 4.60. The van der Waals surface area contributed by atoms with Crippen LogP contribution in [0.2, 0.25) is 0 Å². The van der Waals surface area contributed by atoms with E-state index in [1.807, 2.05) is 73.7 Å². The van der Waals surface area contributed by atoms with E-state index in [0.29, 0.717) is 18.6 Å². The third-order valence-electron chi connectivity index (χ3n) is 4.25. The summed E-state index contributed by atoms with van der Waals surface area (Å²) in [5, 5.41) is 11.2. The zero-order valence-corrected chi connectivity index (χ0v) is 14.1. The van der Waals surface area contributed by atoms with Gasteiger partial charge in [0.15, 0.2) is 0 Å². The van der Waals surface area contributed by atoms with Gasteiger partial charge in [-0.05, 0) is 47.4 Å². The van der Waals surface area contributed by atoms with Gasteiger partial charge in [-0.15, -0.1) is 0 Å². The maximum absolute atomic E-state index is 12.4. The molecular weight excluding hydrogens is 310 g/mol. The lowest BCUT2D eigenvalue weighted by Gasteiger charge is -2.16. The van der Waals surface area contributed by atoms with E-state index in [-0.39, 0.29) is 11.9 Å². The third kappa shape index (κ3) is 3.87. The summed E-state index contributed by atoms with van der Waals surface area (Å²) in [6.45, 7) is 2.19. The first-order valence-electron chi connectivity index (χ1n) is 8.35. The van der Waals surface area contributed by atoms with Crippen LogP contribution in [0.25, 0.3) is 10.8 Å². The van der Waals surface area contributed by atoms with Crippen molar-refractivity contribution in [3.05, 3.63) is 83.4 Å². The van der Waals surface area contributed by atoms with Crippen LogP contribution in [0, 0.1) is 11.3 Å². The minimum Gasteiger partial charge on any atom is -0.466 e. The molecule has 25 heavy (non-hydrogen) atoms. The second-order valence-electron chi connectivity index (χ2n) is 5.93. The Bertz CT molecular complexity index is 926. The SMILES string of the molecule is CCOC(=O)C(Cc1ccc2ccc(C#N)cc2c1)c1ccccc1. The monoisotopic (exact) mass is 329 g/mol. The molecule has 3 aromatic rings. The third-order valence-corrected chi connectivity index (χ3v) is 4.25. The van der Waals surface area contributed by atoms with Crippen molar-refractivity contribution in [3.63, 3.8) is 0 Å². The van der Waals surface area contributed by atoms with Crippen LogP contribution in [0.15, 0.2) is 66.7 Å². The summed E-state index contributed by atoms with van der Waals surface area (Å²) < 4.78 is 5.27. The van der Waals surface area contributed by atoms with Gasteiger partial charge in [-0.1, -0.05) is 54.6 Å². The Morgan fingerprint density at radius 1 is 1.04 bits per heavy atom. The molecule has 0 heterocycles. The zero-order chi connectivity index (χ0) is 17.6. The van der Waals surface area contributed by atoms with Gasteiger partial charge >= 0.3 is 5.97 Å². The Kier molecular flexibility index (Phi) is 5.11. The van der Waals surface area contributed by atoms with E-state index in [2.05, 4.69) is 6.07 Å². The van der Waals surface area contributed by atoms with Gasteiger partial charge < -0.3 is 4.74 Å². The highest BCUT2D eigenvalue weighted by Gasteiger charge is 2.22. The fourth-order valence-electron chi connectivity index (χ4n) is 2.99. The second-order valence-corrected chi connectivity index (χ2v) is 5.93. The highest BCUT2D eigenvalue weighted by molar-refractivity contribution is 5.85. The van der Waals surface area contributed by atoms with Crippen LogP contribution < -0.4 is 0 Å². The topological polar surface area (TPSA) is 50.1 Å². The van der Waals surface area contributed by atoms with Gasteiger partial charge in [-0.3, -0.25) is 4.79 Å². The first-order valence-corrected chi connectivity index (χ1v) is 8.35. The Morgan fingerprint density at radius 2 is 1.80 bits per heavy atom. The summed E-state index contributed by atoms with van der Waals surface area (Å²) in [6, 6.07) is 23.6. The Balaban J connectivity index is 1.95. The van der Waals surface area contributed by atoms with E-state index < -0.39 is 0 Å². The molecule has 0 fully saturated rings. The molecular formula is C22H19NO2. The standard InChI is InChI=1S/C22H19NO2/c1-2-25-22(24)21(19-6-4-3-5-7-19)14-16-8-10-18-11-9-17(15-23)13-20(18)12-16/h3-13,21H,2,14H2,1H3. The normalized spacial score (nSPS) is 11.7. The Hall–Kier alpha value is -3.12. The van der Waals surface area contributed by atoms with Gasteiger partial charge in [-0.25, -0.2) is 0 Å². The van der Waals surface area contributed by atoms with Crippen molar-refractivity contribution in [2.45, 2.75) is 19.3 Å². The molecule has 3 aromatic carbocycles. The van der Waals surface area contributed by atoms with E-state index in [0.717, 1.165) is 21.9 Å². The Morgan fingerprint density at radius 3 is 2.52 bits per heavy atom. The molecule has 0 amide bonds. The van der Waals surface area contributed by atoms with Crippen molar-refractivity contribution < 1.29 is 9.53 Å². The summed E-state index contributed by atoms with van der Waals surface area (Å²) >= 11 is 0. The highest BCUT2D eigenvalue weighted by Crippen LogP contribution is 2.25. The fourth-order valence-corrected chi connectivity index (χ4v) is 2.99. The molecule has 3 heteroatoms. The number of fused-ring (bicyclic) bond motifs is 1. The first kappa shape index (κ1) is 16.7. The number of hydrogen-bond donors (Lipinski definition) is 0. The summed E-state index contributed by atoms with van der Waals surface area (Å²) in [5.74, 6) is -0.544. The summed E-state index contributed by atoms with van der Waals surface area (Å²) in [6.07, 6.45) is 0.565. The van der Waals surface area contributed by atoms with Crippen LogP contribution in [0.3, 0.4) is 0 Å². The first-order chi connectivity index (χ1) is 12.2. The van der Waals surface area contributed by atoms with Gasteiger partial charge in [-0.2, -0.15) is 5.26 Å². The predicted molar refractivity (Wildman–Crippen MR) is 98.2 cm³/mol. The number of nitriles is 1. The molecule has 0 aliphatic carbocycles. The zero-order valence-electron chi connectivity index (χ0n) is 14.1. The summed E-state index contributed by atoms with van der Waals surface area (Å²) in [5.41, 5.74) is 2.63. The molecule has 0 spiro atoms. The number of hydrogen-bond acceptors (Lipinski definition) is 3. The van der Waals surface area contributed by atoms with Crippen molar-refractivity contribution in [2.75, 3.05) is 6.61 Å². The van der Waals surface area contributed by atoms with Crippen LogP contribution in [0.5, 0.6) is 0 Å². The molecule has 0 aliphatic heterocycles. The molecule has 0 aromatic heterocycles. The average Bonchev–Trinajstić information content (AvgIpc) is 2.66. The number of ether oxygens (including phenoxy) is 1. The number of carbonyl (C=O) groups is 1.